The summed E-state index contributed by atoms with van der Waals surface area (Å²) in [5.41, 5.74) is 1.97. The summed E-state index contributed by atoms with van der Waals surface area (Å²) in [6.45, 7) is 1.78. The van der Waals surface area contributed by atoms with Gasteiger partial charge in [-0.25, -0.2) is 9.97 Å². The zero-order valence-corrected chi connectivity index (χ0v) is 15.3. The van der Waals surface area contributed by atoms with E-state index in [4.69, 9.17) is 0 Å². The van der Waals surface area contributed by atoms with Crippen LogP contribution in [0.1, 0.15) is 23.7 Å². The van der Waals surface area contributed by atoms with E-state index in [1.807, 2.05) is 31.4 Å². The fraction of sp³-hybridized carbons (Fsp3) is 0.294. The summed E-state index contributed by atoms with van der Waals surface area (Å²) >= 11 is 1.39. The summed E-state index contributed by atoms with van der Waals surface area (Å²) < 4.78 is 0. The number of aromatic nitrogens is 4. The number of anilines is 2. The van der Waals surface area contributed by atoms with E-state index in [0.29, 0.717) is 23.0 Å². The minimum absolute atomic E-state index is 0.120. The van der Waals surface area contributed by atoms with Gasteiger partial charge in [0, 0.05) is 17.3 Å². The van der Waals surface area contributed by atoms with Gasteiger partial charge in [0.05, 0.1) is 24.4 Å². The molecule has 0 unspecified atom stereocenters. The molecule has 1 aromatic carbocycles. The van der Waals surface area contributed by atoms with Crippen molar-refractivity contribution in [2.45, 2.75) is 24.5 Å². The maximum absolute atomic E-state index is 12.6. The van der Waals surface area contributed by atoms with Crippen molar-refractivity contribution in [1.82, 2.24) is 25.5 Å². The molecule has 4 N–H and O–H groups in total. The van der Waals surface area contributed by atoms with Crippen molar-refractivity contribution in [3.8, 4) is 0 Å². The van der Waals surface area contributed by atoms with E-state index in [1.165, 1.54) is 18.0 Å². The van der Waals surface area contributed by atoms with Gasteiger partial charge in [0.25, 0.3) is 5.91 Å². The van der Waals surface area contributed by atoms with Crippen LogP contribution in [0.4, 0.5) is 11.5 Å². The molecule has 0 saturated carbocycles. The van der Waals surface area contributed by atoms with Crippen LogP contribution < -0.4 is 10.6 Å². The Hall–Kier alpha value is -2.65. The maximum atomic E-state index is 12.6. The van der Waals surface area contributed by atoms with Crippen LogP contribution in [0.25, 0.3) is 10.9 Å². The van der Waals surface area contributed by atoms with Crippen molar-refractivity contribution in [1.29, 1.82) is 0 Å². The molecule has 0 aliphatic carbocycles. The van der Waals surface area contributed by atoms with E-state index in [0.717, 1.165) is 16.6 Å². The van der Waals surface area contributed by atoms with E-state index in [2.05, 4.69) is 30.8 Å². The van der Waals surface area contributed by atoms with Crippen molar-refractivity contribution < 1.29 is 9.90 Å². The molecule has 0 fully saturated rings. The number of aliphatic hydroxyl groups excluding tert-OH is 1. The summed E-state index contributed by atoms with van der Waals surface area (Å²) in [4.78, 5) is 21.2. The topological polar surface area (TPSA) is 116 Å². The monoisotopic (exact) mass is 372 g/mol. The summed E-state index contributed by atoms with van der Waals surface area (Å²) in [6.07, 6.45) is 5.74. The van der Waals surface area contributed by atoms with Gasteiger partial charge in [-0.15, -0.1) is 0 Å². The van der Waals surface area contributed by atoms with Crippen molar-refractivity contribution in [3.63, 3.8) is 0 Å². The van der Waals surface area contributed by atoms with E-state index in [1.54, 1.807) is 6.20 Å². The molecule has 3 rings (SSSR count). The number of amides is 1. The number of H-pyrrole nitrogens is 1. The van der Waals surface area contributed by atoms with Gasteiger partial charge in [0.1, 0.15) is 11.4 Å². The standard InChI is InChI=1S/C17H20N6O2S/c1-3-11(9-24)21-16(25)13-8-18-17(26-2)22-15(13)20-12-5-4-10-7-19-23-14(10)6-12/h4-8,11,24H,3,9H2,1-2H3,(H,19,23)(H,21,25)(H,18,20,22)/t11-/m1/s1. The zero-order chi connectivity index (χ0) is 18.5. The van der Waals surface area contributed by atoms with Crippen LogP contribution in [0, 0.1) is 0 Å². The van der Waals surface area contributed by atoms with E-state index in [9.17, 15) is 9.90 Å². The van der Waals surface area contributed by atoms with Crippen molar-refractivity contribution in [2.24, 2.45) is 0 Å². The highest BCUT2D eigenvalue weighted by Crippen LogP contribution is 2.23. The van der Waals surface area contributed by atoms with Gasteiger partial charge in [0.15, 0.2) is 5.16 Å². The van der Waals surface area contributed by atoms with Gasteiger partial charge in [0.2, 0.25) is 0 Å². The Bertz CT molecular complexity index is 909. The largest absolute Gasteiger partial charge is 0.394 e. The number of benzene rings is 1. The minimum atomic E-state index is -0.330. The first kappa shape index (κ1) is 18.2. The number of carbonyl (C=O) groups excluding carboxylic acids is 1. The van der Waals surface area contributed by atoms with Gasteiger partial charge in [-0.05, 0) is 30.9 Å². The Kier molecular flexibility index (Phi) is 5.69. The first-order valence-electron chi connectivity index (χ1n) is 8.17. The third-order valence-electron chi connectivity index (χ3n) is 3.95. The average molecular weight is 372 g/mol. The third-order valence-corrected chi connectivity index (χ3v) is 4.51. The number of hydrogen-bond donors (Lipinski definition) is 4. The summed E-state index contributed by atoms with van der Waals surface area (Å²) in [7, 11) is 0. The van der Waals surface area contributed by atoms with Crippen LogP contribution in [0.2, 0.25) is 0 Å². The summed E-state index contributed by atoms with van der Waals surface area (Å²) in [5, 5.41) is 23.8. The Morgan fingerprint density at radius 3 is 2.96 bits per heavy atom. The molecule has 136 valence electrons. The molecule has 0 bridgehead atoms. The molecule has 26 heavy (non-hydrogen) atoms. The van der Waals surface area contributed by atoms with Crippen molar-refractivity contribution in [2.75, 3.05) is 18.2 Å². The number of aromatic amines is 1. The maximum Gasteiger partial charge on any atom is 0.256 e. The lowest BCUT2D eigenvalue weighted by molar-refractivity contribution is 0.0915. The number of thioether (sulfide) groups is 1. The van der Waals surface area contributed by atoms with Crippen LogP contribution in [0.5, 0.6) is 0 Å². The second-order valence-corrected chi connectivity index (χ2v) is 6.45. The minimum Gasteiger partial charge on any atom is -0.394 e. The number of carbonyl (C=O) groups is 1. The molecule has 3 aromatic rings. The van der Waals surface area contributed by atoms with Crippen LogP contribution in [-0.2, 0) is 0 Å². The third kappa shape index (κ3) is 3.94. The highest BCUT2D eigenvalue weighted by Gasteiger charge is 2.18. The van der Waals surface area contributed by atoms with Gasteiger partial charge in [-0.3, -0.25) is 9.89 Å². The molecular formula is C17H20N6O2S. The molecule has 0 radical (unpaired) electrons. The van der Waals surface area contributed by atoms with Gasteiger partial charge >= 0.3 is 0 Å². The average Bonchev–Trinajstić information content (AvgIpc) is 3.13. The lowest BCUT2D eigenvalue weighted by atomic mass is 10.2. The van der Waals surface area contributed by atoms with Crippen molar-refractivity contribution in [3.05, 3.63) is 36.2 Å². The number of fused-ring (bicyclic) bond motifs is 1. The molecule has 0 aliphatic heterocycles. The molecular weight excluding hydrogens is 352 g/mol. The second kappa shape index (κ2) is 8.15. The zero-order valence-electron chi connectivity index (χ0n) is 14.5. The van der Waals surface area contributed by atoms with Gasteiger partial charge in [-0.1, -0.05) is 18.7 Å². The first-order valence-corrected chi connectivity index (χ1v) is 9.40. The molecule has 9 heteroatoms. The van der Waals surface area contributed by atoms with E-state index < -0.39 is 0 Å². The lowest BCUT2D eigenvalue weighted by Crippen LogP contribution is -2.37. The predicted molar refractivity (Wildman–Crippen MR) is 102 cm³/mol. The quantitative estimate of drug-likeness (QED) is 0.371. The number of hydrogen-bond acceptors (Lipinski definition) is 7. The van der Waals surface area contributed by atoms with Crippen LogP contribution in [-0.4, -0.2) is 50.1 Å². The molecule has 0 spiro atoms. The number of nitrogens with zero attached hydrogens (tertiary/aromatic N) is 3. The number of aliphatic hydroxyl groups is 1. The Balaban J connectivity index is 1.91. The Labute approximate surface area is 154 Å². The highest BCUT2D eigenvalue weighted by molar-refractivity contribution is 7.98. The fourth-order valence-electron chi connectivity index (χ4n) is 2.42. The normalized spacial score (nSPS) is 12.1. The first-order chi connectivity index (χ1) is 12.6. The Morgan fingerprint density at radius 1 is 1.38 bits per heavy atom. The summed E-state index contributed by atoms with van der Waals surface area (Å²) in [5.74, 6) is 0.0807. The molecule has 1 atom stereocenters. The molecule has 1 amide bonds. The van der Waals surface area contributed by atoms with Crippen LogP contribution >= 0.6 is 11.8 Å². The second-order valence-electron chi connectivity index (χ2n) is 5.68. The molecule has 0 aliphatic rings. The number of nitrogens with one attached hydrogen (secondary N) is 3. The fourth-order valence-corrected chi connectivity index (χ4v) is 2.76. The smallest absolute Gasteiger partial charge is 0.256 e. The van der Waals surface area contributed by atoms with E-state index in [-0.39, 0.29) is 18.6 Å². The lowest BCUT2D eigenvalue weighted by Gasteiger charge is -2.16. The Morgan fingerprint density at radius 2 is 2.23 bits per heavy atom. The van der Waals surface area contributed by atoms with Gasteiger partial charge in [-0.2, -0.15) is 5.10 Å². The van der Waals surface area contributed by atoms with Gasteiger partial charge < -0.3 is 15.7 Å². The predicted octanol–water partition coefficient (Wildman–Crippen LogP) is 2.32. The summed E-state index contributed by atoms with van der Waals surface area (Å²) in [6, 6.07) is 5.41. The highest BCUT2D eigenvalue weighted by atomic mass is 32.2. The number of rotatable bonds is 7. The van der Waals surface area contributed by atoms with Crippen molar-refractivity contribution >= 4 is 40.1 Å². The molecule has 2 heterocycles. The van der Waals surface area contributed by atoms with Crippen LogP contribution in [0.3, 0.4) is 0 Å². The van der Waals surface area contributed by atoms with Crippen LogP contribution in [0.15, 0.2) is 35.7 Å². The molecule has 2 aromatic heterocycles. The molecule has 0 saturated heterocycles. The van der Waals surface area contributed by atoms with E-state index >= 15 is 0 Å². The SMILES string of the molecule is CC[C@H](CO)NC(=O)c1cnc(SC)nc1Nc1ccc2cn[nH]c2c1. The molecule has 8 nitrogen and oxygen atoms in total.